The van der Waals surface area contributed by atoms with E-state index in [0.717, 1.165) is 43.9 Å². The smallest absolute Gasteiger partial charge is 0.253 e. The Labute approximate surface area is 188 Å². The molecular formula is C27H37N3O. The minimum absolute atomic E-state index is 0.0996. The number of benzene rings is 2. The highest BCUT2D eigenvalue weighted by atomic mass is 16.2. The number of anilines is 2. The van der Waals surface area contributed by atoms with Crippen LogP contribution in [0, 0.1) is 5.92 Å². The molecule has 1 saturated heterocycles. The van der Waals surface area contributed by atoms with Gasteiger partial charge in [-0.3, -0.25) is 9.69 Å². The van der Waals surface area contributed by atoms with Gasteiger partial charge >= 0.3 is 0 Å². The monoisotopic (exact) mass is 419 g/mol. The summed E-state index contributed by atoms with van der Waals surface area (Å²) in [5.41, 5.74) is 3.10. The number of para-hydroxylation sites is 1. The molecule has 0 aromatic heterocycles. The number of hydrogen-bond donors (Lipinski definition) is 0. The molecule has 3 atom stereocenters. The molecule has 4 nitrogen and oxygen atoms in total. The van der Waals surface area contributed by atoms with Gasteiger partial charge in [0, 0.05) is 55.2 Å². The molecule has 1 heterocycles. The highest BCUT2D eigenvalue weighted by Gasteiger charge is 2.35. The number of rotatable bonds is 8. The second kappa shape index (κ2) is 10.6. The number of carbonyl (C=O) groups excluding carboxylic acids is 1. The van der Waals surface area contributed by atoms with Gasteiger partial charge in [-0.1, -0.05) is 31.2 Å². The van der Waals surface area contributed by atoms with Gasteiger partial charge in [0.25, 0.3) is 5.91 Å². The van der Waals surface area contributed by atoms with Crippen molar-refractivity contribution in [1.82, 2.24) is 9.80 Å². The Morgan fingerprint density at radius 3 is 2.23 bits per heavy atom. The molecule has 0 radical (unpaired) electrons. The molecule has 1 aliphatic rings. The number of carbonyl (C=O) groups is 1. The maximum atomic E-state index is 12.8. The average molecular weight is 420 g/mol. The van der Waals surface area contributed by atoms with Gasteiger partial charge in [0.2, 0.25) is 0 Å². The summed E-state index contributed by atoms with van der Waals surface area (Å²) in [5, 5.41) is 0. The van der Waals surface area contributed by atoms with Crippen LogP contribution >= 0.6 is 0 Å². The number of hydrogen-bond acceptors (Lipinski definition) is 3. The number of piperidine rings is 1. The molecule has 2 aromatic rings. The van der Waals surface area contributed by atoms with Crippen molar-refractivity contribution in [3.63, 3.8) is 0 Å². The van der Waals surface area contributed by atoms with Crippen molar-refractivity contribution in [2.75, 3.05) is 31.1 Å². The molecule has 166 valence electrons. The van der Waals surface area contributed by atoms with E-state index in [9.17, 15) is 4.79 Å². The average Bonchev–Trinajstić information content (AvgIpc) is 2.79. The van der Waals surface area contributed by atoms with Crippen molar-refractivity contribution in [1.29, 1.82) is 0 Å². The molecule has 3 rings (SSSR count). The van der Waals surface area contributed by atoms with Gasteiger partial charge in [0.1, 0.15) is 0 Å². The Balaban J connectivity index is 1.92. The summed E-state index contributed by atoms with van der Waals surface area (Å²) in [4.78, 5) is 19.6. The molecule has 0 bridgehead atoms. The third kappa shape index (κ3) is 5.19. The summed E-state index contributed by atoms with van der Waals surface area (Å²) >= 11 is 0. The van der Waals surface area contributed by atoms with Crippen molar-refractivity contribution in [3.8, 4) is 0 Å². The van der Waals surface area contributed by atoms with Gasteiger partial charge in [-0.05, 0) is 69.5 Å². The maximum Gasteiger partial charge on any atom is 0.253 e. The molecule has 31 heavy (non-hydrogen) atoms. The van der Waals surface area contributed by atoms with Crippen LogP contribution in [0.3, 0.4) is 0 Å². The normalized spacial score (nSPS) is 21.5. The predicted octanol–water partition coefficient (Wildman–Crippen LogP) is 5.59. The lowest BCUT2D eigenvalue weighted by atomic mass is 9.87. The number of nitrogens with zero attached hydrogens (tertiary/aromatic N) is 3. The van der Waals surface area contributed by atoms with Crippen molar-refractivity contribution in [3.05, 3.63) is 72.8 Å². The quantitative estimate of drug-likeness (QED) is 0.522. The van der Waals surface area contributed by atoms with Crippen molar-refractivity contribution >= 4 is 17.3 Å². The summed E-state index contributed by atoms with van der Waals surface area (Å²) in [6, 6.07) is 19.7. The molecular weight excluding hydrogens is 382 g/mol. The van der Waals surface area contributed by atoms with E-state index in [-0.39, 0.29) is 5.91 Å². The molecule has 1 fully saturated rings. The van der Waals surface area contributed by atoms with E-state index < -0.39 is 0 Å². The summed E-state index contributed by atoms with van der Waals surface area (Å²) < 4.78 is 0. The summed E-state index contributed by atoms with van der Waals surface area (Å²) in [6.45, 7) is 16.1. The van der Waals surface area contributed by atoms with E-state index in [2.05, 4.69) is 72.7 Å². The first-order valence-corrected chi connectivity index (χ1v) is 11.6. The van der Waals surface area contributed by atoms with E-state index >= 15 is 0 Å². The minimum Gasteiger partial charge on any atom is -0.339 e. The summed E-state index contributed by atoms with van der Waals surface area (Å²) in [6.07, 6.45) is 3.09. The fraction of sp³-hybridized carbons (Fsp3) is 0.444. The van der Waals surface area contributed by atoms with Crippen molar-refractivity contribution in [2.45, 2.75) is 46.2 Å². The Hall–Kier alpha value is -2.59. The van der Waals surface area contributed by atoms with E-state index in [1.54, 1.807) is 0 Å². The lowest BCUT2D eigenvalue weighted by Gasteiger charge is -2.46. The zero-order valence-corrected chi connectivity index (χ0v) is 19.5. The second-order valence-electron chi connectivity index (χ2n) is 8.60. The zero-order chi connectivity index (χ0) is 22.4. The van der Waals surface area contributed by atoms with Gasteiger partial charge in [-0.15, -0.1) is 6.58 Å². The zero-order valence-electron chi connectivity index (χ0n) is 19.5. The van der Waals surface area contributed by atoms with Crippen LogP contribution in [0.2, 0.25) is 0 Å². The van der Waals surface area contributed by atoms with Crippen molar-refractivity contribution < 1.29 is 4.79 Å². The fourth-order valence-corrected chi connectivity index (χ4v) is 4.76. The van der Waals surface area contributed by atoms with E-state index in [1.165, 1.54) is 5.69 Å². The van der Waals surface area contributed by atoms with Gasteiger partial charge in [0.05, 0.1) is 0 Å². The molecule has 1 amide bonds. The highest BCUT2D eigenvalue weighted by Crippen LogP contribution is 2.36. The van der Waals surface area contributed by atoms with Crippen LogP contribution in [0.25, 0.3) is 0 Å². The van der Waals surface area contributed by atoms with Crippen LogP contribution < -0.4 is 4.90 Å². The molecule has 2 aromatic carbocycles. The first-order chi connectivity index (χ1) is 15.0. The second-order valence-corrected chi connectivity index (χ2v) is 8.60. The van der Waals surface area contributed by atoms with Crippen LogP contribution in [-0.4, -0.2) is 54.0 Å². The topological polar surface area (TPSA) is 26.8 Å². The lowest BCUT2D eigenvalue weighted by molar-refractivity contribution is 0.0773. The first-order valence-electron chi connectivity index (χ1n) is 11.6. The lowest BCUT2D eigenvalue weighted by Crippen LogP contribution is -2.52. The largest absolute Gasteiger partial charge is 0.339 e. The first kappa shape index (κ1) is 23.1. The summed E-state index contributed by atoms with van der Waals surface area (Å²) in [5.74, 6) is 0.607. The van der Waals surface area contributed by atoms with E-state index in [4.69, 9.17) is 0 Å². The Morgan fingerprint density at radius 2 is 1.65 bits per heavy atom. The van der Waals surface area contributed by atoms with Crippen molar-refractivity contribution in [2.24, 2.45) is 5.92 Å². The van der Waals surface area contributed by atoms with Gasteiger partial charge in [-0.2, -0.15) is 0 Å². The molecule has 0 saturated carbocycles. The van der Waals surface area contributed by atoms with E-state index in [1.807, 2.05) is 37.0 Å². The van der Waals surface area contributed by atoms with Crippen LogP contribution in [-0.2, 0) is 0 Å². The minimum atomic E-state index is 0.0996. The number of amides is 1. The van der Waals surface area contributed by atoms with Crippen LogP contribution in [0.1, 0.15) is 44.5 Å². The maximum absolute atomic E-state index is 12.8. The van der Waals surface area contributed by atoms with E-state index in [0.29, 0.717) is 18.0 Å². The van der Waals surface area contributed by atoms with Gasteiger partial charge in [0.15, 0.2) is 0 Å². The Bertz CT molecular complexity index is 845. The highest BCUT2D eigenvalue weighted by molar-refractivity contribution is 5.94. The SMILES string of the molecule is C=CCN1C[C@@H](C)[C@@H](N(c2ccccc2)c2ccc(C(=O)N(CC)CC)cc2)C[C@@H]1C. The summed E-state index contributed by atoms with van der Waals surface area (Å²) in [7, 11) is 0. The van der Waals surface area contributed by atoms with Crippen LogP contribution in [0.5, 0.6) is 0 Å². The third-order valence-electron chi connectivity index (χ3n) is 6.56. The van der Waals surface area contributed by atoms with Crippen LogP contribution in [0.4, 0.5) is 11.4 Å². The molecule has 0 aliphatic carbocycles. The van der Waals surface area contributed by atoms with Crippen LogP contribution in [0.15, 0.2) is 67.3 Å². The number of likely N-dealkylation sites (tertiary alicyclic amines) is 1. The fourth-order valence-electron chi connectivity index (χ4n) is 4.76. The predicted molar refractivity (Wildman–Crippen MR) is 131 cm³/mol. The molecule has 1 aliphatic heterocycles. The van der Waals surface area contributed by atoms with Gasteiger partial charge in [-0.25, -0.2) is 0 Å². The standard InChI is InChI=1S/C27H37N3O/c1-6-18-29-20-21(4)26(19-22(29)5)30(24-12-10-9-11-13-24)25-16-14-23(15-17-25)27(31)28(7-2)8-3/h6,9-17,21-22,26H,1,7-8,18-20H2,2-5H3/t21-,22+,26+/m1/s1. The molecule has 0 spiro atoms. The molecule has 0 N–H and O–H groups in total. The third-order valence-corrected chi connectivity index (χ3v) is 6.56. The molecule has 0 unspecified atom stereocenters. The van der Waals surface area contributed by atoms with Gasteiger partial charge < -0.3 is 9.80 Å². The molecule has 4 heteroatoms. The Morgan fingerprint density at radius 1 is 1.03 bits per heavy atom. The Kier molecular flexibility index (Phi) is 7.91.